The van der Waals surface area contributed by atoms with Crippen LogP contribution in [0.3, 0.4) is 0 Å². The number of ketones is 1. The summed E-state index contributed by atoms with van der Waals surface area (Å²) in [5.41, 5.74) is 1.76. The molecule has 0 spiro atoms. The van der Waals surface area contributed by atoms with Gasteiger partial charge in [0.25, 0.3) is 0 Å². The Morgan fingerprint density at radius 3 is 2.83 bits per heavy atom. The first kappa shape index (κ1) is 15.3. The molecular formula is C18H21N3O2. The van der Waals surface area contributed by atoms with E-state index in [0.717, 1.165) is 36.8 Å². The lowest BCUT2D eigenvalue weighted by Gasteiger charge is -2.21. The molecule has 0 bridgehead atoms. The fourth-order valence-corrected chi connectivity index (χ4v) is 2.88. The maximum absolute atomic E-state index is 11.3. The Bertz CT molecular complexity index is 685. The number of pyridine rings is 1. The Morgan fingerprint density at radius 2 is 2.13 bits per heavy atom. The van der Waals surface area contributed by atoms with Crippen molar-refractivity contribution in [3.63, 3.8) is 0 Å². The molecule has 0 amide bonds. The Kier molecular flexibility index (Phi) is 4.46. The number of hydrogen-bond acceptors (Lipinski definition) is 5. The molecule has 120 valence electrons. The van der Waals surface area contributed by atoms with E-state index in [1.165, 1.54) is 0 Å². The summed E-state index contributed by atoms with van der Waals surface area (Å²) in [6.07, 6.45) is 2.66. The molecule has 0 saturated carbocycles. The zero-order chi connectivity index (χ0) is 16.2. The number of hydrogen-bond donors (Lipinski definition) is 1. The van der Waals surface area contributed by atoms with Crippen LogP contribution in [0.2, 0.25) is 0 Å². The first-order chi connectivity index (χ1) is 11.2. The van der Waals surface area contributed by atoms with Gasteiger partial charge >= 0.3 is 0 Å². The Morgan fingerprint density at radius 1 is 1.30 bits per heavy atom. The zero-order valence-electron chi connectivity index (χ0n) is 13.5. The first-order valence-electron chi connectivity index (χ1n) is 7.79. The molecule has 1 aliphatic heterocycles. The Hall–Kier alpha value is -2.56. The molecule has 5 nitrogen and oxygen atoms in total. The summed E-state index contributed by atoms with van der Waals surface area (Å²) < 4.78 is 5.44. The maximum atomic E-state index is 11.3. The van der Waals surface area contributed by atoms with Gasteiger partial charge in [-0.05, 0) is 37.6 Å². The lowest BCUT2D eigenvalue weighted by atomic mass is 10.2. The van der Waals surface area contributed by atoms with Crippen LogP contribution in [0.1, 0.15) is 23.7 Å². The van der Waals surface area contributed by atoms with Gasteiger partial charge in [0.05, 0.1) is 12.8 Å². The van der Waals surface area contributed by atoms with Crippen LogP contribution in [0.15, 0.2) is 42.6 Å². The third-order valence-corrected chi connectivity index (χ3v) is 4.14. The van der Waals surface area contributed by atoms with Gasteiger partial charge in [-0.25, -0.2) is 4.98 Å². The number of nitrogens with one attached hydrogen (secondary N) is 1. The molecule has 1 aromatic heterocycles. The fraction of sp³-hybridized carbons (Fsp3) is 0.333. The predicted octanol–water partition coefficient (Wildman–Crippen LogP) is 2.98. The number of benzene rings is 1. The van der Waals surface area contributed by atoms with Crippen LogP contribution in [0.25, 0.3) is 0 Å². The number of ether oxygens (including phenoxy) is 1. The summed E-state index contributed by atoms with van der Waals surface area (Å²) >= 11 is 0. The van der Waals surface area contributed by atoms with E-state index in [4.69, 9.17) is 4.74 Å². The molecule has 1 N–H and O–H groups in total. The Labute approximate surface area is 136 Å². The molecule has 0 radical (unpaired) electrons. The van der Waals surface area contributed by atoms with Gasteiger partial charge in [-0.1, -0.05) is 12.1 Å². The normalized spacial score (nSPS) is 17.1. The molecule has 5 heteroatoms. The predicted molar refractivity (Wildman–Crippen MR) is 91.5 cm³/mol. The highest BCUT2D eigenvalue weighted by Crippen LogP contribution is 2.30. The molecule has 1 saturated heterocycles. The van der Waals surface area contributed by atoms with Crippen molar-refractivity contribution in [1.29, 1.82) is 0 Å². The lowest BCUT2D eigenvalue weighted by molar-refractivity contribution is 0.101. The van der Waals surface area contributed by atoms with E-state index in [-0.39, 0.29) is 5.78 Å². The highest BCUT2D eigenvalue weighted by atomic mass is 16.5. The van der Waals surface area contributed by atoms with E-state index in [0.29, 0.717) is 11.6 Å². The van der Waals surface area contributed by atoms with Crippen molar-refractivity contribution in [2.24, 2.45) is 0 Å². The first-order valence-corrected chi connectivity index (χ1v) is 7.79. The molecule has 1 atom stereocenters. The average Bonchev–Trinajstić information content (AvgIpc) is 3.03. The number of nitrogens with zero attached hydrogens (tertiary/aromatic N) is 2. The molecule has 1 aliphatic rings. The minimum absolute atomic E-state index is 0.0345. The molecule has 1 aromatic carbocycles. The van der Waals surface area contributed by atoms with Gasteiger partial charge in [0.1, 0.15) is 11.6 Å². The van der Waals surface area contributed by atoms with Gasteiger partial charge in [0, 0.05) is 30.9 Å². The van der Waals surface area contributed by atoms with Gasteiger partial charge in [-0.3, -0.25) is 4.79 Å². The van der Waals surface area contributed by atoms with E-state index in [9.17, 15) is 4.79 Å². The second-order valence-corrected chi connectivity index (χ2v) is 5.74. The van der Waals surface area contributed by atoms with E-state index in [2.05, 4.69) is 21.3 Å². The number of anilines is 2. The number of aromatic nitrogens is 1. The van der Waals surface area contributed by atoms with Crippen molar-refractivity contribution in [3.05, 3.63) is 48.2 Å². The van der Waals surface area contributed by atoms with Crippen molar-refractivity contribution < 1.29 is 9.53 Å². The highest BCUT2D eigenvalue weighted by Gasteiger charge is 2.24. The van der Waals surface area contributed by atoms with Crippen molar-refractivity contribution >= 4 is 17.3 Å². The number of para-hydroxylation sites is 2. The fourth-order valence-electron chi connectivity index (χ4n) is 2.88. The standard InChI is InChI=1S/C18H21N3O2/c1-13(22)14-7-8-18(19-11-14)20-15-9-10-21(12-15)16-5-3-4-6-17(16)23-2/h3-8,11,15H,9-10,12H2,1-2H3,(H,19,20). The summed E-state index contributed by atoms with van der Waals surface area (Å²) in [5, 5.41) is 3.44. The summed E-state index contributed by atoms with van der Waals surface area (Å²) in [6, 6.07) is 12.1. The van der Waals surface area contributed by atoms with Crippen molar-refractivity contribution in [2.45, 2.75) is 19.4 Å². The van der Waals surface area contributed by atoms with Gasteiger partial charge in [0.15, 0.2) is 5.78 Å². The maximum Gasteiger partial charge on any atom is 0.161 e. The lowest BCUT2D eigenvalue weighted by Crippen LogP contribution is -2.26. The quantitative estimate of drug-likeness (QED) is 0.860. The van der Waals surface area contributed by atoms with E-state index >= 15 is 0 Å². The third-order valence-electron chi connectivity index (χ3n) is 4.14. The van der Waals surface area contributed by atoms with E-state index < -0.39 is 0 Å². The second-order valence-electron chi connectivity index (χ2n) is 5.74. The van der Waals surface area contributed by atoms with Crippen molar-refractivity contribution in [3.8, 4) is 5.75 Å². The smallest absolute Gasteiger partial charge is 0.161 e. The molecule has 23 heavy (non-hydrogen) atoms. The molecule has 1 unspecified atom stereocenters. The van der Waals surface area contributed by atoms with Crippen LogP contribution in [-0.2, 0) is 0 Å². The van der Waals surface area contributed by atoms with Gasteiger partial charge < -0.3 is 15.0 Å². The molecule has 2 aromatic rings. The third kappa shape index (κ3) is 3.44. The Balaban J connectivity index is 1.64. The number of Topliss-reactive ketones (excluding diaryl/α,β-unsaturated/α-hetero) is 1. The number of carbonyl (C=O) groups is 1. The van der Waals surface area contributed by atoms with E-state index in [1.807, 2.05) is 30.3 Å². The summed E-state index contributed by atoms with van der Waals surface area (Å²) in [7, 11) is 1.70. The van der Waals surface area contributed by atoms with Crippen LogP contribution < -0.4 is 15.0 Å². The minimum Gasteiger partial charge on any atom is -0.495 e. The van der Waals surface area contributed by atoms with Gasteiger partial charge in [0.2, 0.25) is 0 Å². The zero-order valence-corrected chi connectivity index (χ0v) is 13.5. The SMILES string of the molecule is COc1ccccc1N1CCC(Nc2ccc(C(C)=O)cn2)C1. The summed E-state index contributed by atoms with van der Waals surface area (Å²) in [6.45, 7) is 3.42. The van der Waals surface area contributed by atoms with E-state index in [1.54, 1.807) is 20.2 Å². The van der Waals surface area contributed by atoms with Gasteiger partial charge in [-0.2, -0.15) is 0 Å². The molecule has 3 rings (SSSR count). The summed E-state index contributed by atoms with van der Waals surface area (Å²) in [5.74, 6) is 1.74. The highest BCUT2D eigenvalue weighted by molar-refractivity contribution is 5.93. The molecule has 1 fully saturated rings. The second kappa shape index (κ2) is 6.69. The summed E-state index contributed by atoms with van der Waals surface area (Å²) in [4.78, 5) is 17.9. The van der Waals surface area contributed by atoms with Crippen molar-refractivity contribution in [2.75, 3.05) is 30.4 Å². The van der Waals surface area contributed by atoms with Crippen LogP contribution in [0.5, 0.6) is 5.75 Å². The number of rotatable bonds is 5. The van der Waals surface area contributed by atoms with Crippen LogP contribution in [0, 0.1) is 0 Å². The minimum atomic E-state index is 0.0345. The average molecular weight is 311 g/mol. The van der Waals surface area contributed by atoms with Crippen molar-refractivity contribution in [1.82, 2.24) is 4.98 Å². The monoisotopic (exact) mass is 311 g/mol. The number of carbonyl (C=O) groups excluding carboxylic acids is 1. The van der Waals surface area contributed by atoms with Crippen LogP contribution in [-0.4, -0.2) is 37.0 Å². The topological polar surface area (TPSA) is 54.5 Å². The number of methoxy groups -OCH3 is 1. The molecule has 2 heterocycles. The van der Waals surface area contributed by atoms with Crippen LogP contribution >= 0.6 is 0 Å². The molecule has 0 aliphatic carbocycles. The van der Waals surface area contributed by atoms with Crippen LogP contribution in [0.4, 0.5) is 11.5 Å². The largest absolute Gasteiger partial charge is 0.495 e. The van der Waals surface area contributed by atoms with Gasteiger partial charge in [-0.15, -0.1) is 0 Å². The molecular weight excluding hydrogens is 290 g/mol.